The van der Waals surface area contributed by atoms with Crippen molar-refractivity contribution in [2.75, 3.05) is 19.6 Å². The molecule has 1 aliphatic rings. The molecule has 1 aromatic rings. The summed E-state index contributed by atoms with van der Waals surface area (Å²) in [6, 6.07) is 8.63. The molecule has 1 fully saturated rings. The number of hydrogen-bond donors (Lipinski definition) is 2. The van der Waals surface area contributed by atoms with E-state index < -0.39 is 0 Å². The Morgan fingerprint density at radius 1 is 1.47 bits per heavy atom. The lowest BCUT2D eigenvalue weighted by molar-refractivity contribution is -0.124. The summed E-state index contributed by atoms with van der Waals surface area (Å²) in [6.45, 7) is 6.69. The van der Waals surface area contributed by atoms with Crippen molar-refractivity contribution >= 4 is 5.91 Å². The Bertz CT molecular complexity index is 430. The van der Waals surface area contributed by atoms with Crippen LogP contribution in [0.15, 0.2) is 24.3 Å². The minimum atomic E-state index is -0.246. The van der Waals surface area contributed by atoms with Crippen molar-refractivity contribution in [1.29, 1.82) is 0 Å². The molecule has 1 aromatic carbocycles. The molecule has 0 aliphatic carbocycles. The SMILES string of the molecule is CCc1ccc(C(C)N2CCNCC2C(N)=O)cc1. The molecule has 2 rings (SSSR count). The van der Waals surface area contributed by atoms with Gasteiger partial charge in [0, 0.05) is 25.7 Å². The molecule has 104 valence electrons. The predicted molar refractivity (Wildman–Crippen MR) is 76.8 cm³/mol. The third-order valence-corrected chi connectivity index (χ3v) is 3.98. The van der Waals surface area contributed by atoms with Gasteiger partial charge in [0.15, 0.2) is 0 Å². The van der Waals surface area contributed by atoms with Crippen LogP contribution in [0.25, 0.3) is 0 Å². The van der Waals surface area contributed by atoms with E-state index >= 15 is 0 Å². The maximum absolute atomic E-state index is 11.5. The van der Waals surface area contributed by atoms with E-state index in [1.54, 1.807) is 0 Å². The third kappa shape index (κ3) is 3.14. The third-order valence-electron chi connectivity index (χ3n) is 3.98. The van der Waals surface area contributed by atoms with Crippen LogP contribution < -0.4 is 11.1 Å². The van der Waals surface area contributed by atoms with Gasteiger partial charge in [-0.25, -0.2) is 0 Å². The summed E-state index contributed by atoms with van der Waals surface area (Å²) in [4.78, 5) is 13.7. The van der Waals surface area contributed by atoms with E-state index in [4.69, 9.17) is 5.73 Å². The molecule has 0 bridgehead atoms. The number of aryl methyl sites for hydroxylation is 1. The first-order chi connectivity index (χ1) is 9.13. The molecule has 1 amide bonds. The van der Waals surface area contributed by atoms with Crippen LogP contribution in [-0.2, 0) is 11.2 Å². The van der Waals surface area contributed by atoms with Crippen molar-refractivity contribution in [3.63, 3.8) is 0 Å². The van der Waals surface area contributed by atoms with E-state index in [0.29, 0.717) is 6.54 Å². The summed E-state index contributed by atoms with van der Waals surface area (Å²) in [7, 11) is 0. The van der Waals surface area contributed by atoms with Crippen LogP contribution >= 0.6 is 0 Å². The molecule has 3 N–H and O–H groups in total. The van der Waals surface area contributed by atoms with Gasteiger partial charge in [-0.1, -0.05) is 31.2 Å². The molecule has 1 heterocycles. The van der Waals surface area contributed by atoms with Gasteiger partial charge in [0.2, 0.25) is 5.91 Å². The number of nitrogens with zero attached hydrogens (tertiary/aromatic N) is 1. The summed E-state index contributed by atoms with van der Waals surface area (Å²) in [5.41, 5.74) is 8.08. The summed E-state index contributed by atoms with van der Waals surface area (Å²) in [5, 5.41) is 3.23. The van der Waals surface area contributed by atoms with Crippen molar-refractivity contribution in [3.8, 4) is 0 Å². The van der Waals surface area contributed by atoms with Crippen LogP contribution in [0.4, 0.5) is 0 Å². The molecule has 1 saturated heterocycles. The number of piperazine rings is 1. The molecule has 0 aromatic heterocycles. The van der Waals surface area contributed by atoms with E-state index in [1.165, 1.54) is 11.1 Å². The van der Waals surface area contributed by atoms with E-state index in [9.17, 15) is 4.79 Å². The van der Waals surface area contributed by atoms with Gasteiger partial charge in [0.25, 0.3) is 0 Å². The lowest BCUT2D eigenvalue weighted by Crippen LogP contribution is -2.57. The first-order valence-corrected chi connectivity index (χ1v) is 6.98. The Kier molecular flexibility index (Phi) is 4.56. The standard InChI is InChI=1S/C15H23N3O/c1-3-12-4-6-13(7-5-12)11(2)18-9-8-17-10-14(18)15(16)19/h4-7,11,14,17H,3,8-10H2,1-2H3,(H2,16,19). The Labute approximate surface area is 115 Å². The molecule has 1 aliphatic heterocycles. The zero-order chi connectivity index (χ0) is 13.8. The van der Waals surface area contributed by atoms with E-state index in [1.807, 2.05) is 0 Å². The lowest BCUT2D eigenvalue weighted by atomic mass is 10.0. The highest BCUT2D eigenvalue weighted by atomic mass is 16.1. The molecule has 19 heavy (non-hydrogen) atoms. The van der Waals surface area contributed by atoms with Gasteiger partial charge in [0.1, 0.15) is 6.04 Å². The molecular formula is C15H23N3O. The average Bonchev–Trinajstić information content (AvgIpc) is 2.46. The van der Waals surface area contributed by atoms with Crippen molar-refractivity contribution in [2.45, 2.75) is 32.4 Å². The zero-order valence-corrected chi connectivity index (χ0v) is 11.7. The normalized spacial score (nSPS) is 22.1. The van der Waals surface area contributed by atoms with Gasteiger partial charge in [0.05, 0.1) is 0 Å². The number of nitrogens with two attached hydrogens (primary N) is 1. The van der Waals surface area contributed by atoms with Gasteiger partial charge in [-0.05, 0) is 24.5 Å². The van der Waals surface area contributed by atoms with E-state index in [2.05, 4.69) is 48.3 Å². The molecule has 0 saturated carbocycles. The number of amides is 1. The summed E-state index contributed by atoms with van der Waals surface area (Å²) in [6.07, 6.45) is 1.05. The van der Waals surface area contributed by atoms with Crippen LogP contribution in [-0.4, -0.2) is 36.5 Å². The molecule has 4 heteroatoms. The number of nitrogens with one attached hydrogen (secondary N) is 1. The van der Waals surface area contributed by atoms with Crippen LogP contribution in [0.5, 0.6) is 0 Å². The Hall–Kier alpha value is -1.39. The van der Waals surface area contributed by atoms with Crippen LogP contribution in [0.2, 0.25) is 0 Å². The van der Waals surface area contributed by atoms with E-state index in [-0.39, 0.29) is 18.0 Å². The molecule has 4 nitrogen and oxygen atoms in total. The maximum atomic E-state index is 11.5. The molecule has 2 atom stereocenters. The first-order valence-electron chi connectivity index (χ1n) is 6.98. The highest BCUT2D eigenvalue weighted by Gasteiger charge is 2.30. The molecular weight excluding hydrogens is 238 g/mol. The fourth-order valence-corrected chi connectivity index (χ4v) is 2.67. The Morgan fingerprint density at radius 3 is 2.74 bits per heavy atom. The number of carbonyl (C=O) groups excluding carboxylic acids is 1. The fourth-order valence-electron chi connectivity index (χ4n) is 2.67. The second-order valence-electron chi connectivity index (χ2n) is 5.13. The van der Waals surface area contributed by atoms with Gasteiger partial charge < -0.3 is 11.1 Å². The minimum Gasteiger partial charge on any atom is -0.368 e. The summed E-state index contributed by atoms with van der Waals surface area (Å²) >= 11 is 0. The minimum absolute atomic E-state index is 0.213. The first kappa shape index (κ1) is 14.0. The fraction of sp³-hybridized carbons (Fsp3) is 0.533. The largest absolute Gasteiger partial charge is 0.368 e. The number of carbonyl (C=O) groups is 1. The monoisotopic (exact) mass is 261 g/mol. The highest BCUT2D eigenvalue weighted by Crippen LogP contribution is 2.23. The topological polar surface area (TPSA) is 58.4 Å². The van der Waals surface area contributed by atoms with Gasteiger partial charge >= 0.3 is 0 Å². The second kappa shape index (κ2) is 6.17. The van der Waals surface area contributed by atoms with Crippen molar-refractivity contribution in [2.24, 2.45) is 5.73 Å². The Morgan fingerprint density at radius 2 is 2.16 bits per heavy atom. The second-order valence-corrected chi connectivity index (χ2v) is 5.13. The number of rotatable bonds is 4. The highest BCUT2D eigenvalue weighted by molar-refractivity contribution is 5.80. The van der Waals surface area contributed by atoms with Crippen molar-refractivity contribution < 1.29 is 4.79 Å². The molecule has 2 unspecified atom stereocenters. The van der Waals surface area contributed by atoms with Gasteiger partial charge in [-0.15, -0.1) is 0 Å². The zero-order valence-electron chi connectivity index (χ0n) is 11.7. The predicted octanol–water partition coefficient (Wildman–Crippen LogP) is 1.07. The maximum Gasteiger partial charge on any atom is 0.236 e. The molecule has 0 radical (unpaired) electrons. The van der Waals surface area contributed by atoms with Crippen LogP contribution in [0.1, 0.15) is 31.0 Å². The van der Waals surface area contributed by atoms with Crippen molar-refractivity contribution in [1.82, 2.24) is 10.2 Å². The van der Waals surface area contributed by atoms with Crippen molar-refractivity contribution in [3.05, 3.63) is 35.4 Å². The quantitative estimate of drug-likeness (QED) is 0.852. The van der Waals surface area contributed by atoms with Crippen LogP contribution in [0, 0.1) is 0 Å². The number of primary amides is 1. The number of hydrogen-bond acceptors (Lipinski definition) is 3. The lowest BCUT2D eigenvalue weighted by Gasteiger charge is -2.38. The number of benzene rings is 1. The van der Waals surface area contributed by atoms with E-state index in [0.717, 1.165) is 19.5 Å². The average molecular weight is 261 g/mol. The summed E-state index contributed by atoms with van der Waals surface area (Å²) in [5.74, 6) is -0.246. The van der Waals surface area contributed by atoms with Gasteiger partial charge in [-0.2, -0.15) is 0 Å². The smallest absolute Gasteiger partial charge is 0.236 e. The molecule has 0 spiro atoms. The summed E-state index contributed by atoms with van der Waals surface area (Å²) < 4.78 is 0. The van der Waals surface area contributed by atoms with Gasteiger partial charge in [-0.3, -0.25) is 9.69 Å². The Balaban J connectivity index is 2.15. The van der Waals surface area contributed by atoms with Crippen LogP contribution in [0.3, 0.4) is 0 Å².